The van der Waals surface area contributed by atoms with E-state index >= 15 is 0 Å². The van der Waals surface area contributed by atoms with E-state index in [1.165, 1.54) is 14.2 Å². The molecule has 0 saturated carbocycles. The summed E-state index contributed by atoms with van der Waals surface area (Å²) in [4.78, 5) is 36.3. The normalized spacial score (nSPS) is 28.6. The molecule has 0 aromatic carbocycles. The van der Waals surface area contributed by atoms with Gasteiger partial charge in [-0.15, -0.1) is 0 Å². The van der Waals surface area contributed by atoms with Crippen molar-refractivity contribution < 1.29 is 44.1 Å². The van der Waals surface area contributed by atoms with Crippen molar-refractivity contribution in [3.05, 3.63) is 41.6 Å². The number of amides is 2. The number of halogens is 4. The zero-order valence-electron chi connectivity index (χ0n) is 23.7. The molecule has 4 rings (SSSR count). The van der Waals surface area contributed by atoms with Gasteiger partial charge in [-0.05, 0) is 88.7 Å². The first-order chi connectivity index (χ1) is 20.9. The van der Waals surface area contributed by atoms with Gasteiger partial charge in [-0.1, -0.05) is 23.2 Å². The lowest BCUT2D eigenvalue weighted by molar-refractivity contribution is -0.115. The Balaban J connectivity index is 1.11. The van der Waals surface area contributed by atoms with Gasteiger partial charge in [0.15, 0.2) is 11.2 Å². The number of oxime groups is 2. The highest BCUT2D eigenvalue weighted by Crippen LogP contribution is 2.45. The predicted octanol–water partition coefficient (Wildman–Crippen LogP) is 2.98. The number of allylic oxidation sites excluding steroid dienone is 2. The van der Waals surface area contributed by atoms with Crippen LogP contribution in [0.1, 0.15) is 38.5 Å². The molecule has 5 atom stereocenters. The number of carbonyl (C=O) groups excluding carboxylic acids is 2. The molecule has 0 bridgehead atoms. The minimum Gasteiger partial charge on any atom is -0.495 e. The van der Waals surface area contributed by atoms with Crippen LogP contribution >= 0.6 is 63.7 Å². The van der Waals surface area contributed by atoms with Gasteiger partial charge in [-0.3, -0.25) is 9.59 Å². The lowest BCUT2D eigenvalue weighted by Gasteiger charge is -2.33. The van der Waals surface area contributed by atoms with E-state index in [1.54, 1.807) is 12.2 Å². The van der Waals surface area contributed by atoms with Gasteiger partial charge in [0.05, 0.1) is 38.3 Å². The number of aliphatic hydroxyl groups is 3. The third-order valence-electron chi connectivity index (χ3n) is 7.49. The number of unbranched alkanes of at least 4 members (excludes halogenated alkanes) is 2. The molecule has 1 unspecified atom stereocenters. The Morgan fingerprint density at radius 3 is 1.84 bits per heavy atom. The van der Waals surface area contributed by atoms with Crippen LogP contribution in [-0.2, 0) is 28.7 Å². The second-order valence-corrected chi connectivity index (χ2v) is 14.0. The maximum atomic E-state index is 12.6. The summed E-state index contributed by atoms with van der Waals surface area (Å²) in [5, 5.41) is 45.1. The summed E-state index contributed by atoms with van der Waals surface area (Å²) in [7, 11) is 2.95. The van der Waals surface area contributed by atoms with Crippen molar-refractivity contribution in [2.24, 2.45) is 10.3 Å². The Bertz CT molecular complexity index is 1360. The van der Waals surface area contributed by atoms with Crippen LogP contribution in [0.4, 0.5) is 0 Å². The highest BCUT2D eigenvalue weighted by molar-refractivity contribution is 9.12. The lowest BCUT2D eigenvalue weighted by atomic mass is 9.87. The maximum Gasteiger partial charge on any atom is 0.269 e. The number of rotatable bonds is 12. The van der Waals surface area contributed by atoms with Crippen molar-refractivity contribution in [3.63, 3.8) is 0 Å². The lowest BCUT2D eigenvalue weighted by Crippen LogP contribution is -2.45. The zero-order valence-corrected chi connectivity index (χ0v) is 30.1. The van der Waals surface area contributed by atoms with Crippen molar-refractivity contribution in [3.8, 4) is 0 Å². The minimum atomic E-state index is -1.26. The molecule has 0 aromatic rings. The number of hydrogen-bond donors (Lipinski definition) is 5. The SMILES string of the molecule is COC1=C(Br)[C@@H](O)[C@]2(C=C1Br)CC(C(=O)NCC(O)CCCCCNC(=O)C1=NO[C@]3(C=C(Br)C(OC)=C(Br)[C@@H]3O)C1)=NO2. The van der Waals surface area contributed by atoms with Crippen LogP contribution in [-0.4, -0.2) is 95.4 Å². The van der Waals surface area contributed by atoms with Gasteiger partial charge >= 0.3 is 0 Å². The Kier molecular flexibility index (Phi) is 11.8. The van der Waals surface area contributed by atoms with E-state index in [2.05, 4.69) is 84.7 Å². The fourth-order valence-corrected chi connectivity index (χ4v) is 8.62. The molecule has 2 spiro atoms. The van der Waals surface area contributed by atoms with Crippen molar-refractivity contribution >= 4 is 87.0 Å². The third-order valence-corrected chi connectivity index (χ3v) is 10.3. The van der Waals surface area contributed by atoms with Gasteiger partial charge in [0.25, 0.3) is 11.8 Å². The Hall–Kier alpha value is -1.76. The van der Waals surface area contributed by atoms with Crippen LogP contribution in [0.3, 0.4) is 0 Å². The first kappa shape index (κ1) is 35.1. The highest BCUT2D eigenvalue weighted by atomic mass is 79.9. The zero-order chi connectivity index (χ0) is 32.2. The van der Waals surface area contributed by atoms with Gasteiger partial charge in [-0.25, -0.2) is 0 Å². The fraction of sp³-hybridized carbons (Fsp3) is 0.556. The molecule has 5 N–H and O–H groups in total. The van der Waals surface area contributed by atoms with Crippen LogP contribution < -0.4 is 10.6 Å². The van der Waals surface area contributed by atoms with E-state index in [-0.39, 0.29) is 36.7 Å². The average molecular weight is 876 g/mol. The molecule has 2 amide bonds. The van der Waals surface area contributed by atoms with Crippen molar-refractivity contribution in [1.29, 1.82) is 0 Å². The Labute approximate surface area is 287 Å². The molecule has 2 heterocycles. The fourth-order valence-electron chi connectivity index (χ4n) is 5.04. The van der Waals surface area contributed by atoms with Crippen molar-refractivity contribution in [1.82, 2.24) is 10.6 Å². The third kappa shape index (κ3) is 7.28. The van der Waals surface area contributed by atoms with Crippen LogP contribution in [0, 0.1) is 0 Å². The molecule has 0 saturated heterocycles. The van der Waals surface area contributed by atoms with Crippen LogP contribution in [0.15, 0.2) is 51.9 Å². The number of ether oxygens (including phenoxy) is 2. The standard InChI is InChI=1S/C27H32Br4N4O9/c1-41-20-14(28)8-26(22(37)18(20)30)10-16(34-43-26)24(39)32-7-5-3-4-6-13(36)12-33-25(40)17-11-27(44-35-17)9-15(29)21(42-2)19(31)23(27)38/h8-9,13,22-23,36-38H,3-7,10-12H2,1-2H3,(H,32,39)(H,33,40)/t13?,22-,23+,26+,27-/m0/s1. The molecule has 44 heavy (non-hydrogen) atoms. The second kappa shape index (κ2) is 14.8. The predicted molar refractivity (Wildman–Crippen MR) is 174 cm³/mol. The Morgan fingerprint density at radius 2 is 1.36 bits per heavy atom. The topological polar surface area (TPSA) is 181 Å². The molecule has 17 heteroatoms. The number of carbonyl (C=O) groups is 2. The summed E-state index contributed by atoms with van der Waals surface area (Å²) >= 11 is 13.4. The van der Waals surface area contributed by atoms with E-state index in [4.69, 9.17) is 19.1 Å². The number of aliphatic hydroxyl groups excluding tert-OH is 3. The summed E-state index contributed by atoms with van der Waals surface area (Å²) in [5.41, 5.74) is -2.21. The van der Waals surface area contributed by atoms with E-state index in [9.17, 15) is 24.9 Å². The van der Waals surface area contributed by atoms with Crippen LogP contribution in [0.5, 0.6) is 0 Å². The molecule has 13 nitrogen and oxygen atoms in total. The largest absolute Gasteiger partial charge is 0.495 e. The molecule has 4 aliphatic rings. The molecule has 242 valence electrons. The maximum absolute atomic E-state index is 12.6. The smallest absolute Gasteiger partial charge is 0.269 e. The van der Waals surface area contributed by atoms with Gasteiger partial charge < -0.3 is 45.1 Å². The van der Waals surface area contributed by atoms with Gasteiger partial charge in [-0.2, -0.15) is 0 Å². The van der Waals surface area contributed by atoms with Gasteiger partial charge in [0, 0.05) is 25.9 Å². The average Bonchev–Trinajstić information content (AvgIpc) is 3.62. The molecule has 0 radical (unpaired) electrons. The summed E-state index contributed by atoms with van der Waals surface area (Å²) < 4.78 is 12.4. The molecular formula is C27H32Br4N4O9. The highest BCUT2D eigenvalue weighted by Gasteiger charge is 2.51. The summed E-state index contributed by atoms with van der Waals surface area (Å²) in [6.45, 7) is 0.419. The summed E-state index contributed by atoms with van der Waals surface area (Å²) in [6.07, 6.45) is 2.87. The molecule has 2 aliphatic carbocycles. The summed E-state index contributed by atoms with van der Waals surface area (Å²) in [6, 6.07) is 0. The van der Waals surface area contributed by atoms with E-state index in [0.29, 0.717) is 55.3 Å². The van der Waals surface area contributed by atoms with Crippen molar-refractivity contribution in [2.45, 2.75) is 68.0 Å². The van der Waals surface area contributed by atoms with Gasteiger partial charge in [0.1, 0.15) is 35.1 Å². The summed E-state index contributed by atoms with van der Waals surface area (Å²) in [5.74, 6) is -0.0293. The van der Waals surface area contributed by atoms with E-state index < -0.39 is 35.4 Å². The number of nitrogens with one attached hydrogen (secondary N) is 2. The number of methoxy groups -OCH3 is 2. The number of nitrogens with zero attached hydrogens (tertiary/aromatic N) is 2. The van der Waals surface area contributed by atoms with Crippen LogP contribution in [0.25, 0.3) is 0 Å². The van der Waals surface area contributed by atoms with E-state index in [1.807, 2.05) is 0 Å². The first-order valence-corrected chi connectivity index (χ1v) is 16.8. The number of hydrogen-bond acceptors (Lipinski definition) is 11. The molecule has 0 fully saturated rings. The molecule has 0 aromatic heterocycles. The second-order valence-electron chi connectivity index (χ2n) is 10.5. The molecule has 2 aliphatic heterocycles. The Morgan fingerprint density at radius 1 is 0.886 bits per heavy atom. The van der Waals surface area contributed by atoms with Gasteiger partial charge in [0.2, 0.25) is 0 Å². The monoisotopic (exact) mass is 872 g/mol. The minimum absolute atomic E-state index is 0.0241. The van der Waals surface area contributed by atoms with E-state index in [0.717, 1.165) is 6.42 Å². The quantitative estimate of drug-likeness (QED) is 0.185. The van der Waals surface area contributed by atoms with Crippen molar-refractivity contribution in [2.75, 3.05) is 27.3 Å². The van der Waals surface area contributed by atoms with Crippen LogP contribution in [0.2, 0.25) is 0 Å². The first-order valence-electron chi connectivity index (χ1n) is 13.6. The molecular weight excluding hydrogens is 844 g/mol.